The van der Waals surface area contributed by atoms with Crippen LogP contribution in [0.15, 0.2) is 42.5 Å². The quantitative estimate of drug-likeness (QED) is 0.854. The van der Waals surface area contributed by atoms with Crippen LogP contribution < -0.4 is 5.32 Å². The van der Waals surface area contributed by atoms with Gasteiger partial charge in [-0.25, -0.2) is 0 Å². The van der Waals surface area contributed by atoms with E-state index in [4.69, 9.17) is 16.9 Å². The second-order valence-corrected chi connectivity index (χ2v) is 4.21. The maximum Gasteiger partial charge on any atom is 0.0992 e. The predicted octanol–water partition coefficient (Wildman–Crippen LogP) is 4.26. The molecule has 0 atom stereocenters. The van der Waals surface area contributed by atoms with E-state index in [-0.39, 0.29) is 0 Å². The summed E-state index contributed by atoms with van der Waals surface area (Å²) in [6.07, 6.45) is 0. The number of hydrogen-bond donors (Lipinski definition) is 1. The fourth-order valence-corrected chi connectivity index (χ4v) is 1.82. The summed E-state index contributed by atoms with van der Waals surface area (Å²) in [6, 6.07) is 15.2. The van der Waals surface area contributed by atoms with Gasteiger partial charge in [0, 0.05) is 16.4 Å². The fourth-order valence-electron chi connectivity index (χ4n) is 1.59. The highest BCUT2D eigenvalue weighted by molar-refractivity contribution is 6.30. The van der Waals surface area contributed by atoms with E-state index in [0.717, 1.165) is 22.0 Å². The third kappa shape index (κ3) is 2.77. The van der Waals surface area contributed by atoms with Crippen molar-refractivity contribution in [3.63, 3.8) is 0 Å². The van der Waals surface area contributed by atoms with E-state index in [9.17, 15) is 0 Å². The van der Waals surface area contributed by atoms with Gasteiger partial charge in [0.2, 0.25) is 0 Å². The summed E-state index contributed by atoms with van der Waals surface area (Å²) in [7, 11) is 0. The lowest BCUT2D eigenvalue weighted by Gasteiger charge is -2.09. The van der Waals surface area contributed by atoms with Gasteiger partial charge in [0.1, 0.15) is 0 Å². The summed E-state index contributed by atoms with van der Waals surface area (Å²) >= 11 is 5.90. The second-order valence-electron chi connectivity index (χ2n) is 3.78. The lowest BCUT2D eigenvalue weighted by molar-refractivity contribution is 1.42. The average molecular weight is 243 g/mol. The van der Waals surface area contributed by atoms with Gasteiger partial charge in [0.15, 0.2) is 0 Å². The summed E-state index contributed by atoms with van der Waals surface area (Å²) in [6.45, 7) is 1.99. The molecule has 0 heterocycles. The highest BCUT2D eigenvalue weighted by Crippen LogP contribution is 2.23. The van der Waals surface area contributed by atoms with Crippen LogP contribution in [0.1, 0.15) is 11.1 Å². The zero-order valence-corrected chi connectivity index (χ0v) is 10.1. The molecule has 0 aliphatic carbocycles. The summed E-state index contributed by atoms with van der Waals surface area (Å²) in [5, 5.41) is 12.8. The lowest BCUT2D eigenvalue weighted by Crippen LogP contribution is -1.93. The number of aryl methyl sites for hydroxylation is 1. The molecule has 0 aromatic heterocycles. The van der Waals surface area contributed by atoms with Crippen molar-refractivity contribution >= 4 is 23.0 Å². The Kier molecular flexibility index (Phi) is 3.32. The van der Waals surface area contributed by atoms with Gasteiger partial charge in [-0.2, -0.15) is 5.26 Å². The van der Waals surface area contributed by atoms with Gasteiger partial charge in [-0.15, -0.1) is 0 Å². The normalized spacial score (nSPS) is 9.71. The fraction of sp³-hybridized carbons (Fsp3) is 0.0714. The Morgan fingerprint density at radius 1 is 1.18 bits per heavy atom. The van der Waals surface area contributed by atoms with E-state index in [1.54, 1.807) is 6.07 Å². The topological polar surface area (TPSA) is 35.8 Å². The minimum atomic E-state index is 0.640. The number of nitriles is 1. The second kappa shape index (κ2) is 4.90. The van der Waals surface area contributed by atoms with E-state index < -0.39 is 0 Å². The van der Waals surface area contributed by atoms with Crippen molar-refractivity contribution in [2.24, 2.45) is 0 Å². The molecular weight excluding hydrogens is 232 g/mol. The zero-order valence-electron chi connectivity index (χ0n) is 9.37. The van der Waals surface area contributed by atoms with Gasteiger partial charge in [-0.05, 0) is 48.9 Å². The molecule has 0 fully saturated rings. The van der Waals surface area contributed by atoms with Gasteiger partial charge < -0.3 is 5.32 Å². The molecule has 17 heavy (non-hydrogen) atoms. The Labute approximate surface area is 105 Å². The van der Waals surface area contributed by atoms with E-state index in [2.05, 4.69) is 11.4 Å². The summed E-state index contributed by atoms with van der Waals surface area (Å²) < 4.78 is 0. The first-order valence-electron chi connectivity index (χ1n) is 5.22. The van der Waals surface area contributed by atoms with Gasteiger partial charge in [-0.3, -0.25) is 0 Å². The summed E-state index contributed by atoms with van der Waals surface area (Å²) in [5.41, 5.74) is 3.60. The number of anilines is 2. The molecule has 0 saturated heterocycles. The van der Waals surface area contributed by atoms with E-state index in [0.29, 0.717) is 5.56 Å². The molecule has 0 amide bonds. The number of nitrogens with zero attached hydrogens (tertiary/aromatic N) is 1. The van der Waals surface area contributed by atoms with Gasteiger partial charge in [0.05, 0.1) is 11.6 Å². The monoisotopic (exact) mass is 242 g/mol. The number of nitrogens with one attached hydrogen (secondary N) is 1. The van der Waals surface area contributed by atoms with Crippen LogP contribution in [0.3, 0.4) is 0 Å². The third-order valence-electron chi connectivity index (χ3n) is 2.46. The zero-order chi connectivity index (χ0) is 12.3. The van der Waals surface area contributed by atoms with Crippen LogP contribution in [0, 0.1) is 18.3 Å². The van der Waals surface area contributed by atoms with E-state index in [1.807, 2.05) is 43.3 Å². The Hall–Kier alpha value is -1.98. The molecule has 84 valence electrons. The van der Waals surface area contributed by atoms with Crippen molar-refractivity contribution in [2.75, 3.05) is 5.32 Å². The van der Waals surface area contributed by atoms with Crippen LogP contribution in [-0.4, -0.2) is 0 Å². The molecule has 2 aromatic carbocycles. The number of hydrogen-bond acceptors (Lipinski definition) is 2. The first kappa shape index (κ1) is 11.5. The molecular formula is C14H11ClN2. The molecule has 1 N–H and O–H groups in total. The molecule has 0 aliphatic rings. The Balaban J connectivity index is 2.28. The van der Waals surface area contributed by atoms with E-state index in [1.165, 1.54) is 0 Å². The van der Waals surface area contributed by atoms with Crippen molar-refractivity contribution in [2.45, 2.75) is 6.92 Å². The minimum absolute atomic E-state index is 0.640. The Morgan fingerprint density at radius 3 is 2.71 bits per heavy atom. The number of benzene rings is 2. The number of rotatable bonds is 2. The molecule has 3 heteroatoms. The maximum atomic E-state index is 8.82. The molecule has 0 aliphatic heterocycles. The highest BCUT2D eigenvalue weighted by atomic mass is 35.5. The average Bonchev–Trinajstić information content (AvgIpc) is 2.33. The molecule has 2 nitrogen and oxygen atoms in total. The largest absolute Gasteiger partial charge is 0.355 e. The summed E-state index contributed by atoms with van der Waals surface area (Å²) in [5.74, 6) is 0. The molecule has 0 saturated carbocycles. The molecule has 2 rings (SSSR count). The van der Waals surface area contributed by atoms with Crippen molar-refractivity contribution in [1.82, 2.24) is 0 Å². The first-order chi connectivity index (χ1) is 8.19. The number of halogens is 1. The van der Waals surface area contributed by atoms with Gasteiger partial charge in [0.25, 0.3) is 0 Å². The SMILES string of the molecule is Cc1cc(Cl)ccc1Nc1cccc(C#N)c1. The first-order valence-corrected chi connectivity index (χ1v) is 5.60. The van der Waals surface area contributed by atoms with Gasteiger partial charge in [-0.1, -0.05) is 17.7 Å². The van der Waals surface area contributed by atoms with Crippen molar-refractivity contribution in [1.29, 1.82) is 5.26 Å². The summed E-state index contributed by atoms with van der Waals surface area (Å²) in [4.78, 5) is 0. The molecule has 0 spiro atoms. The van der Waals surface area contributed by atoms with Crippen molar-refractivity contribution < 1.29 is 0 Å². The molecule has 0 radical (unpaired) electrons. The van der Waals surface area contributed by atoms with Crippen LogP contribution >= 0.6 is 11.6 Å². The Morgan fingerprint density at radius 2 is 2.00 bits per heavy atom. The van der Waals surface area contributed by atoms with Crippen LogP contribution in [0.2, 0.25) is 5.02 Å². The van der Waals surface area contributed by atoms with Crippen LogP contribution in [-0.2, 0) is 0 Å². The minimum Gasteiger partial charge on any atom is -0.355 e. The Bertz CT molecular complexity index is 585. The maximum absolute atomic E-state index is 8.82. The third-order valence-corrected chi connectivity index (χ3v) is 2.69. The lowest BCUT2D eigenvalue weighted by atomic mass is 10.1. The standard InChI is InChI=1S/C14H11ClN2/c1-10-7-12(15)5-6-14(10)17-13-4-2-3-11(8-13)9-16/h2-8,17H,1H3. The van der Waals surface area contributed by atoms with Crippen LogP contribution in [0.25, 0.3) is 0 Å². The highest BCUT2D eigenvalue weighted by Gasteiger charge is 2.00. The molecule has 0 unspecified atom stereocenters. The van der Waals surface area contributed by atoms with Crippen molar-refractivity contribution in [3.05, 3.63) is 58.6 Å². The van der Waals surface area contributed by atoms with Crippen molar-refractivity contribution in [3.8, 4) is 6.07 Å². The predicted molar refractivity (Wildman–Crippen MR) is 70.6 cm³/mol. The smallest absolute Gasteiger partial charge is 0.0992 e. The van der Waals surface area contributed by atoms with Crippen LogP contribution in [0.4, 0.5) is 11.4 Å². The molecule has 2 aromatic rings. The van der Waals surface area contributed by atoms with Crippen LogP contribution in [0.5, 0.6) is 0 Å². The van der Waals surface area contributed by atoms with Gasteiger partial charge >= 0.3 is 0 Å². The molecule has 0 bridgehead atoms. The van der Waals surface area contributed by atoms with E-state index >= 15 is 0 Å².